The molecule has 0 atom stereocenters. The summed E-state index contributed by atoms with van der Waals surface area (Å²) < 4.78 is 0. The van der Waals surface area contributed by atoms with E-state index in [0.29, 0.717) is 6.54 Å². The van der Waals surface area contributed by atoms with Crippen molar-refractivity contribution in [3.05, 3.63) is 49.9 Å². The summed E-state index contributed by atoms with van der Waals surface area (Å²) >= 11 is 0. The first-order valence-corrected chi connectivity index (χ1v) is 5.77. The van der Waals surface area contributed by atoms with Crippen LogP contribution in [-0.4, -0.2) is 37.5 Å². The summed E-state index contributed by atoms with van der Waals surface area (Å²) in [5.74, 6) is 0. The van der Waals surface area contributed by atoms with Gasteiger partial charge < -0.3 is 28.2 Å². The minimum atomic E-state index is 0. The molecule has 0 fully saturated rings. The third-order valence-electron chi connectivity index (χ3n) is 1.63. The second kappa shape index (κ2) is 30.6. The standard InChI is InChI=1S/C9H11.C3H9N2.2CH4O.Ti/c1-2-6-9-7-4-3-5-8-9;1-5-3-2-4;2*1-2;/h3-5,7-8H,1-2,6H2;5H,1-4H2;2*2H,1H3;/q2*-1;;;+2. The summed E-state index contributed by atoms with van der Waals surface area (Å²) in [6.07, 6.45) is 2.09. The largest absolute Gasteiger partial charge is 2.00 e. The van der Waals surface area contributed by atoms with Crippen molar-refractivity contribution in [3.8, 4) is 0 Å². The minimum Gasteiger partial charge on any atom is -0.472 e. The predicted molar refractivity (Wildman–Crippen MR) is 78.8 cm³/mol. The molecule has 0 saturated carbocycles. The number of rotatable bonds is 4. The van der Waals surface area contributed by atoms with E-state index in [1.807, 2.05) is 6.07 Å². The van der Waals surface area contributed by atoms with Crippen LogP contribution in [-0.2, 0) is 28.1 Å². The first-order valence-electron chi connectivity index (χ1n) is 5.77. The number of aliphatic hydroxyl groups excluding tert-OH is 2. The number of nitrogens with two attached hydrogens (primary N) is 1. The normalized spacial score (nSPS) is 7.32. The number of nitrogens with one attached hydrogen (secondary N) is 1. The number of benzene rings is 1. The average Bonchev–Trinajstić information content (AvgIpc) is 2.46. The van der Waals surface area contributed by atoms with Crippen LogP contribution >= 0.6 is 0 Å². The maximum Gasteiger partial charge on any atom is 2.00 e. The van der Waals surface area contributed by atoms with Crippen molar-refractivity contribution in [2.24, 2.45) is 5.73 Å². The Labute approximate surface area is 133 Å². The average molecular weight is 304 g/mol. The molecule has 0 aliphatic heterocycles. The van der Waals surface area contributed by atoms with Gasteiger partial charge >= 0.3 is 21.7 Å². The molecule has 0 amide bonds. The van der Waals surface area contributed by atoms with Gasteiger partial charge in [0.15, 0.2) is 0 Å². The van der Waals surface area contributed by atoms with Crippen LogP contribution < -0.4 is 11.1 Å². The zero-order valence-corrected chi connectivity index (χ0v) is 13.7. The van der Waals surface area contributed by atoms with Gasteiger partial charge in [-0.15, -0.1) is 0 Å². The molecule has 1 aromatic carbocycles. The van der Waals surface area contributed by atoms with Crippen molar-refractivity contribution < 1.29 is 31.9 Å². The van der Waals surface area contributed by atoms with Gasteiger partial charge in [-0.1, -0.05) is 42.3 Å². The summed E-state index contributed by atoms with van der Waals surface area (Å²) in [6.45, 7) is 5.26. The third kappa shape index (κ3) is 27.1. The van der Waals surface area contributed by atoms with Gasteiger partial charge in [0, 0.05) is 20.8 Å². The fourth-order valence-corrected chi connectivity index (χ4v) is 0.951. The molecule has 0 unspecified atom stereocenters. The Balaban J connectivity index is -0.0000000978. The van der Waals surface area contributed by atoms with E-state index >= 15 is 0 Å². The van der Waals surface area contributed by atoms with Gasteiger partial charge in [-0.05, 0) is 6.54 Å². The molecule has 19 heavy (non-hydrogen) atoms. The molecule has 0 aliphatic carbocycles. The van der Waals surface area contributed by atoms with E-state index in [1.165, 1.54) is 5.56 Å². The molecule has 0 bridgehead atoms. The van der Waals surface area contributed by atoms with Crippen LogP contribution in [0.4, 0.5) is 0 Å². The van der Waals surface area contributed by atoms with Gasteiger partial charge in [0.05, 0.1) is 0 Å². The van der Waals surface area contributed by atoms with Crippen molar-refractivity contribution in [2.75, 3.05) is 27.3 Å². The molecule has 1 aromatic rings. The SMILES string of the molecule is CO.CO.[CH2-]CCc1ccccc1.[CH2-]NCCN.[Ti+2]. The molecule has 1 rings (SSSR count). The molecule has 0 spiro atoms. The van der Waals surface area contributed by atoms with Gasteiger partial charge in [0.25, 0.3) is 0 Å². The second-order valence-electron chi connectivity index (χ2n) is 2.88. The number of aryl methyl sites for hydroxylation is 1. The molecule has 4 nitrogen and oxygen atoms in total. The van der Waals surface area contributed by atoms with Crippen LogP contribution in [0.1, 0.15) is 12.0 Å². The van der Waals surface area contributed by atoms with Crippen LogP contribution in [0.2, 0.25) is 0 Å². The zero-order valence-electron chi connectivity index (χ0n) is 12.1. The molecule has 0 radical (unpaired) electrons. The fraction of sp³-hybridized carbons (Fsp3) is 0.429. The predicted octanol–water partition coefficient (Wildman–Crippen LogP) is 0.994. The summed E-state index contributed by atoms with van der Waals surface area (Å²) in [4.78, 5) is 0. The van der Waals surface area contributed by atoms with Crippen LogP contribution in [0.3, 0.4) is 0 Å². The monoisotopic (exact) mass is 304 g/mol. The minimum absolute atomic E-state index is 0. The van der Waals surface area contributed by atoms with Crippen molar-refractivity contribution >= 4 is 0 Å². The molecule has 110 valence electrons. The zero-order chi connectivity index (χ0) is 14.6. The van der Waals surface area contributed by atoms with Gasteiger partial charge in [-0.25, -0.2) is 0 Å². The van der Waals surface area contributed by atoms with E-state index in [9.17, 15) is 0 Å². The number of aliphatic hydroxyl groups is 2. The van der Waals surface area contributed by atoms with E-state index in [0.717, 1.165) is 33.6 Å². The van der Waals surface area contributed by atoms with Gasteiger partial charge in [-0.3, -0.25) is 7.05 Å². The maximum absolute atomic E-state index is 7.00. The van der Waals surface area contributed by atoms with Gasteiger partial charge in [0.1, 0.15) is 0 Å². The van der Waals surface area contributed by atoms with Gasteiger partial charge in [-0.2, -0.15) is 6.42 Å². The first kappa shape index (κ1) is 27.2. The Bertz CT molecular complexity index is 210. The van der Waals surface area contributed by atoms with Crippen LogP contribution in [0.25, 0.3) is 0 Å². The van der Waals surface area contributed by atoms with Crippen molar-refractivity contribution in [3.63, 3.8) is 0 Å². The summed E-state index contributed by atoms with van der Waals surface area (Å²) in [7, 11) is 5.35. The van der Waals surface area contributed by atoms with E-state index in [-0.39, 0.29) is 21.7 Å². The molecule has 0 saturated heterocycles. The van der Waals surface area contributed by atoms with Crippen LogP contribution in [0.15, 0.2) is 30.3 Å². The van der Waals surface area contributed by atoms with Crippen molar-refractivity contribution in [1.29, 1.82) is 0 Å². The third-order valence-corrected chi connectivity index (χ3v) is 1.63. The van der Waals surface area contributed by atoms with E-state index in [4.69, 9.17) is 15.9 Å². The topological polar surface area (TPSA) is 78.5 Å². The Morgan fingerprint density at radius 3 is 1.84 bits per heavy atom. The summed E-state index contributed by atoms with van der Waals surface area (Å²) in [5.41, 5.74) is 6.42. The molecule has 5 heteroatoms. The fourth-order valence-electron chi connectivity index (χ4n) is 0.951. The Morgan fingerprint density at radius 1 is 1.11 bits per heavy atom. The Morgan fingerprint density at radius 2 is 1.58 bits per heavy atom. The smallest absolute Gasteiger partial charge is 0.472 e. The Kier molecular flexibility index (Phi) is 43.8. The van der Waals surface area contributed by atoms with E-state index < -0.39 is 0 Å². The molecule has 0 heterocycles. The van der Waals surface area contributed by atoms with Crippen molar-refractivity contribution in [1.82, 2.24) is 5.32 Å². The van der Waals surface area contributed by atoms with Gasteiger partial charge in [0.2, 0.25) is 0 Å². The molecule has 5 N–H and O–H groups in total. The molecular weight excluding hydrogens is 276 g/mol. The van der Waals surface area contributed by atoms with Crippen LogP contribution in [0, 0.1) is 14.0 Å². The quantitative estimate of drug-likeness (QED) is 0.494. The molecule has 0 aromatic heterocycles. The summed E-state index contributed by atoms with van der Waals surface area (Å²) in [5, 5.41) is 16.6. The summed E-state index contributed by atoms with van der Waals surface area (Å²) in [6, 6.07) is 10.4. The second-order valence-corrected chi connectivity index (χ2v) is 2.88. The number of hydrogen-bond donors (Lipinski definition) is 4. The van der Waals surface area contributed by atoms with E-state index in [1.54, 1.807) is 0 Å². The van der Waals surface area contributed by atoms with Crippen LogP contribution in [0.5, 0.6) is 0 Å². The van der Waals surface area contributed by atoms with Crippen molar-refractivity contribution in [2.45, 2.75) is 12.8 Å². The maximum atomic E-state index is 7.00. The first-order chi connectivity index (χ1) is 8.85. The molecular formula is C14H28N2O2Ti. The van der Waals surface area contributed by atoms with E-state index in [2.05, 4.69) is 43.6 Å². The Hall–Kier alpha value is -0.226. The number of hydrogen-bond acceptors (Lipinski definition) is 4. The molecule has 0 aliphatic rings.